The summed E-state index contributed by atoms with van der Waals surface area (Å²) in [4.78, 5) is 12.0. The molecule has 0 heterocycles. The Balaban J connectivity index is 2.10. The molecule has 4 nitrogen and oxygen atoms in total. The Morgan fingerprint density at radius 3 is 2.65 bits per heavy atom. The lowest BCUT2D eigenvalue weighted by molar-refractivity contribution is 0.262. The van der Waals surface area contributed by atoms with E-state index >= 15 is 0 Å². The van der Waals surface area contributed by atoms with E-state index in [0.717, 1.165) is 15.7 Å². The largest absolute Gasteiger partial charge is 0.495 e. The number of urea groups is 1. The summed E-state index contributed by atoms with van der Waals surface area (Å²) in [5.74, 6) is 0.604. The van der Waals surface area contributed by atoms with Gasteiger partial charge in [-0.3, -0.25) is 0 Å². The lowest BCUT2D eigenvalue weighted by Gasteiger charge is -2.11. The molecule has 2 aromatic rings. The van der Waals surface area contributed by atoms with Gasteiger partial charge in [0.2, 0.25) is 0 Å². The van der Waals surface area contributed by atoms with Crippen molar-refractivity contribution in [2.24, 2.45) is 0 Å². The Morgan fingerprint density at radius 1 is 1.15 bits per heavy atom. The molecular weight excluding hydrogens is 320 g/mol. The predicted molar refractivity (Wildman–Crippen MR) is 84.5 cm³/mol. The molecule has 0 fully saturated rings. The molecule has 2 rings (SSSR count). The van der Waals surface area contributed by atoms with Crippen LogP contribution in [-0.4, -0.2) is 13.1 Å². The second-order valence-electron chi connectivity index (χ2n) is 4.29. The smallest absolute Gasteiger partial charge is 0.323 e. The Kier molecular flexibility index (Phi) is 4.63. The number of hydrogen-bond donors (Lipinski definition) is 2. The third kappa shape index (κ3) is 3.74. The monoisotopic (exact) mass is 334 g/mol. The highest BCUT2D eigenvalue weighted by atomic mass is 79.9. The van der Waals surface area contributed by atoms with Gasteiger partial charge in [-0.25, -0.2) is 4.79 Å². The van der Waals surface area contributed by atoms with E-state index in [2.05, 4.69) is 26.6 Å². The summed E-state index contributed by atoms with van der Waals surface area (Å²) in [5, 5.41) is 5.55. The van der Waals surface area contributed by atoms with Crippen LogP contribution >= 0.6 is 15.9 Å². The maximum Gasteiger partial charge on any atom is 0.323 e. The van der Waals surface area contributed by atoms with Crippen molar-refractivity contribution in [2.75, 3.05) is 17.7 Å². The number of carbonyl (C=O) groups is 1. The number of carbonyl (C=O) groups excluding carboxylic acids is 1. The highest BCUT2D eigenvalue weighted by Gasteiger charge is 2.08. The molecule has 0 aliphatic rings. The zero-order chi connectivity index (χ0) is 14.5. The first-order valence-electron chi connectivity index (χ1n) is 6.06. The molecule has 0 aromatic heterocycles. The van der Waals surface area contributed by atoms with Crippen LogP contribution in [0.3, 0.4) is 0 Å². The van der Waals surface area contributed by atoms with Crippen molar-refractivity contribution in [3.63, 3.8) is 0 Å². The number of aryl methyl sites for hydroxylation is 1. The summed E-state index contributed by atoms with van der Waals surface area (Å²) >= 11 is 3.36. The summed E-state index contributed by atoms with van der Waals surface area (Å²) < 4.78 is 6.07. The lowest BCUT2D eigenvalue weighted by atomic mass is 10.2. The number of hydrogen-bond acceptors (Lipinski definition) is 2. The first kappa shape index (κ1) is 14.4. The van der Waals surface area contributed by atoms with E-state index in [1.165, 1.54) is 0 Å². The second kappa shape index (κ2) is 6.43. The van der Waals surface area contributed by atoms with E-state index in [4.69, 9.17) is 4.74 Å². The van der Waals surface area contributed by atoms with Gasteiger partial charge in [0.05, 0.1) is 12.8 Å². The van der Waals surface area contributed by atoms with E-state index in [1.54, 1.807) is 19.2 Å². The van der Waals surface area contributed by atoms with Crippen LogP contribution in [0.5, 0.6) is 5.75 Å². The maximum atomic E-state index is 12.0. The molecule has 0 saturated heterocycles. The average Bonchev–Trinajstić information content (AvgIpc) is 2.38. The number of amides is 2. The zero-order valence-corrected chi connectivity index (χ0v) is 12.8. The van der Waals surface area contributed by atoms with Crippen molar-refractivity contribution in [1.29, 1.82) is 0 Å². The van der Waals surface area contributed by atoms with E-state index in [9.17, 15) is 4.79 Å². The molecule has 0 atom stereocenters. The van der Waals surface area contributed by atoms with E-state index in [0.29, 0.717) is 11.4 Å². The first-order chi connectivity index (χ1) is 9.58. The standard InChI is InChI=1S/C15H15BrN2O2/c1-10-4-3-5-12(8-10)17-15(19)18-13-9-11(16)6-7-14(13)20-2/h3-9H,1-2H3,(H2,17,18,19). The Labute approximate surface area is 126 Å². The molecule has 0 radical (unpaired) electrons. The van der Waals surface area contributed by atoms with Crippen LogP contribution < -0.4 is 15.4 Å². The van der Waals surface area contributed by atoms with Gasteiger partial charge in [-0.05, 0) is 42.8 Å². The normalized spacial score (nSPS) is 9.95. The number of methoxy groups -OCH3 is 1. The minimum Gasteiger partial charge on any atom is -0.495 e. The lowest BCUT2D eigenvalue weighted by Crippen LogP contribution is -2.19. The number of anilines is 2. The highest BCUT2D eigenvalue weighted by Crippen LogP contribution is 2.28. The Bertz CT molecular complexity index is 629. The number of benzene rings is 2. The molecule has 2 aromatic carbocycles. The van der Waals surface area contributed by atoms with Gasteiger partial charge >= 0.3 is 6.03 Å². The summed E-state index contributed by atoms with van der Waals surface area (Å²) in [7, 11) is 1.56. The summed E-state index contributed by atoms with van der Waals surface area (Å²) in [6.45, 7) is 1.97. The third-order valence-corrected chi connectivity index (χ3v) is 3.18. The number of ether oxygens (including phenoxy) is 1. The summed E-state index contributed by atoms with van der Waals surface area (Å²) in [6, 6.07) is 12.7. The van der Waals surface area contributed by atoms with E-state index in [-0.39, 0.29) is 6.03 Å². The van der Waals surface area contributed by atoms with Crippen LogP contribution in [0, 0.1) is 6.92 Å². The maximum absolute atomic E-state index is 12.0. The van der Waals surface area contributed by atoms with Crippen molar-refractivity contribution in [3.8, 4) is 5.75 Å². The summed E-state index contributed by atoms with van der Waals surface area (Å²) in [5.41, 5.74) is 2.44. The Hall–Kier alpha value is -2.01. The minimum atomic E-state index is -0.313. The van der Waals surface area contributed by atoms with Crippen LogP contribution in [0.15, 0.2) is 46.9 Å². The molecule has 0 saturated carbocycles. The Morgan fingerprint density at radius 2 is 1.95 bits per heavy atom. The van der Waals surface area contributed by atoms with Gasteiger partial charge in [-0.1, -0.05) is 28.1 Å². The van der Waals surface area contributed by atoms with Crippen molar-refractivity contribution < 1.29 is 9.53 Å². The molecule has 0 aliphatic heterocycles. The van der Waals surface area contributed by atoms with Gasteiger partial charge in [0.15, 0.2) is 0 Å². The second-order valence-corrected chi connectivity index (χ2v) is 5.21. The van der Waals surface area contributed by atoms with Gasteiger partial charge in [0.1, 0.15) is 5.75 Å². The highest BCUT2D eigenvalue weighted by molar-refractivity contribution is 9.10. The molecule has 0 spiro atoms. The molecule has 2 amide bonds. The van der Waals surface area contributed by atoms with Crippen LogP contribution in [0.2, 0.25) is 0 Å². The van der Waals surface area contributed by atoms with Gasteiger partial charge in [0, 0.05) is 10.2 Å². The third-order valence-electron chi connectivity index (χ3n) is 2.69. The first-order valence-corrected chi connectivity index (χ1v) is 6.86. The molecule has 0 aliphatic carbocycles. The summed E-state index contributed by atoms with van der Waals surface area (Å²) in [6.07, 6.45) is 0. The SMILES string of the molecule is COc1ccc(Br)cc1NC(=O)Nc1cccc(C)c1. The zero-order valence-electron chi connectivity index (χ0n) is 11.2. The van der Waals surface area contributed by atoms with Crippen LogP contribution in [0.1, 0.15) is 5.56 Å². The molecule has 0 bridgehead atoms. The van der Waals surface area contributed by atoms with Gasteiger partial charge in [-0.15, -0.1) is 0 Å². The average molecular weight is 335 g/mol. The number of nitrogens with one attached hydrogen (secondary N) is 2. The van der Waals surface area contributed by atoms with Crippen molar-refractivity contribution >= 4 is 33.3 Å². The number of rotatable bonds is 3. The van der Waals surface area contributed by atoms with Gasteiger partial charge < -0.3 is 15.4 Å². The van der Waals surface area contributed by atoms with E-state index in [1.807, 2.05) is 37.3 Å². The molecule has 104 valence electrons. The van der Waals surface area contributed by atoms with Crippen LogP contribution in [0.4, 0.5) is 16.2 Å². The quantitative estimate of drug-likeness (QED) is 0.873. The fraction of sp³-hybridized carbons (Fsp3) is 0.133. The molecular formula is C15H15BrN2O2. The van der Waals surface area contributed by atoms with Crippen molar-refractivity contribution in [1.82, 2.24) is 0 Å². The fourth-order valence-electron chi connectivity index (χ4n) is 1.79. The fourth-order valence-corrected chi connectivity index (χ4v) is 2.15. The van der Waals surface area contributed by atoms with Crippen molar-refractivity contribution in [2.45, 2.75) is 6.92 Å². The van der Waals surface area contributed by atoms with Gasteiger partial charge in [0.25, 0.3) is 0 Å². The van der Waals surface area contributed by atoms with Crippen LogP contribution in [-0.2, 0) is 0 Å². The molecule has 2 N–H and O–H groups in total. The molecule has 5 heteroatoms. The minimum absolute atomic E-state index is 0.313. The molecule has 20 heavy (non-hydrogen) atoms. The molecule has 0 unspecified atom stereocenters. The van der Waals surface area contributed by atoms with Crippen molar-refractivity contribution in [3.05, 3.63) is 52.5 Å². The topological polar surface area (TPSA) is 50.4 Å². The number of halogens is 1. The van der Waals surface area contributed by atoms with Crippen LogP contribution in [0.25, 0.3) is 0 Å². The predicted octanol–water partition coefficient (Wildman–Crippen LogP) is 4.41. The van der Waals surface area contributed by atoms with E-state index < -0.39 is 0 Å². The van der Waals surface area contributed by atoms with Gasteiger partial charge in [-0.2, -0.15) is 0 Å².